The van der Waals surface area contributed by atoms with Gasteiger partial charge in [-0.25, -0.2) is 0 Å². The van der Waals surface area contributed by atoms with Gasteiger partial charge in [-0.2, -0.15) is 7.11 Å². The summed E-state index contributed by atoms with van der Waals surface area (Å²) in [5, 5.41) is 8.25. The second kappa shape index (κ2) is 31.1. The number of hydrogen-bond acceptors (Lipinski definition) is 4. The molecule has 35 heavy (non-hydrogen) atoms. The topological polar surface area (TPSA) is 52.6 Å². The smallest absolute Gasteiger partial charge is 0.857 e. The number of nitrogens with zero attached hydrogens (tertiary/aromatic N) is 1. The number of rotatable bonds is 12. The molecule has 0 atom stereocenters. The number of alkyl halides is 1. The Morgan fingerprint density at radius 3 is 2.29 bits per heavy atom. The van der Waals surface area contributed by atoms with Crippen LogP contribution < -0.4 is 34.7 Å². The molecule has 1 aromatic rings. The van der Waals surface area contributed by atoms with Gasteiger partial charge in [0.2, 0.25) is 0 Å². The van der Waals surface area contributed by atoms with E-state index in [9.17, 15) is 4.79 Å². The van der Waals surface area contributed by atoms with Crippen LogP contribution in [0.3, 0.4) is 0 Å². The van der Waals surface area contributed by atoms with Crippen LogP contribution >= 0.6 is 11.6 Å². The summed E-state index contributed by atoms with van der Waals surface area (Å²) >= 11 is 5.13. The molecule has 1 saturated carbocycles. The van der Waals surface area contributed by atoms with Gasteiger partial charge in [0, 0.05) is 25.5 Å². The van der Waals surface area contributed by atoms with E-state index in [2.05, 4.69) is 48.4 Å². The first-order chi connectivity index (χ1) is 16.7. The third-order valence-electron chi connectivity index (χ3n) is 4.76. The van der Waals surface area contributed by atoms with Gasteiger partial charge in [0.1, 0.15) is 6.29 Å². The van der Waals surface area contributed by atoms with Crippen molar-refractivity contribution in [2.24, 2.45) is 0 Å². The molecule has 0 N–H and O–H groups in total. The molecule has 0 heterocycles. The Morgan fingerprint density at radius 2 is 1.77 bits per heavy atom. The Kier molecular flexibility index (Phi) is 34.2. The molecule has 0 aromatic heterocycles. The van der Waals surface area contributed by atoms with Crippen LogP contribution in [0.15, 0.2) is 79.4 Å². The van der Waals surface area contributed by atoms with Crippen LogP contribution in [0.25, 0.3) is 0 Å². The molecule has 0 saturated heterocycles. The average Bonchev–Trinajstić information content (AvgIpc) is 2.90. The average molecular weight is 514 g/mol. The number of benzene rings is 1. The molecule has 0 aliphatic heterocycles. The van der Waals surface area contributed by atoms with E-state index in [1.165, 1.54) is 43.7 Å². The minimum atomic E-state index is 0. The number of halogens is 1. The third kappa shape index (κ3) is 24.5. The van der Waals surface area contributed by atoms with Gasteiger partial charge in [-0.3, -0.25) is 9.69 Å². The van der Waals surface area contributed by atoms with Crippen LogP contribution in [0.2, 0.25) is 0 Å². The molecular formula is C29H45ClNNaO3. The van der Waals surface area contributed by atoms with Gasteiger partial charge in [-0.1, -0.05) is 101 Å². The maximum atomic E-state index is 9.42. The quantitative estimate of drug-likeness (QED) is 0.142. The zero-order valence-corrected chi connectivity index (χ0v) is 25.2. The number of ether oxygens (including phenoxy) is 1. The van der Waals surface area contributed by atoms with Crippen molar-refractivity contribution in [1.82, 2.24) is 4.90 Å². The Morgan fingerprint density at radius 1 is 1.14 bits per heavy atom. The zero-order chi connectivity index (χ0) is 25.9. The van der Waals surface area contributed by atoms with E-state index in [1.54, 1.807) is 12.2 Å². The first-order valence-corrected chi connectivity index (χ1v) is 12.6. The van der Waals surface area contributed by atoms with E-state index >= 15 is 0 Å². The Balaban J connectivity index is -0.000000802. The van der Waals surface area contributed by atoms with Gasteiger partial charge in [0.25, 0.3) is 0 Å². The van der Waals surface area contributed by atoms with E-state index in [0.717, 1.165) is 38.9 Å². The van der Waals surface area contributed by atoms with Crippen molar-refractivity contribution < 1.29 is 44.2 Å². The standard InChI is InChI=1S/C22H31NO.C4H5ClO.C2H6.CH3O.Na/c1-3-4-11-20(2)18-23(19-21-12-7-5-8-13-21)16-17-24-22-14-9-6-10-15-22;5-3-1-2-4-6;2*1-2;/h3-5,7-8,11-13,22H,1-2,6,9-10,14-19H2;1-2,4H,3H2;1-2H3;1H3;/q;;;-1;+1/b11-4-;2-1+;;;. The Hall–Kier alpha value is -0.980. The summed E-state index contributed by atoms with van der Waals surface area (Å²) in [4.78, 5) is 11.8. The molecule has 4 nitrogen and oxygen atoms in total. The van der Waals surface area contributed by atoms with Crippen LogP contribution in [0.1, 0.15) is 51.5 Å². The number of allylic oxidation sites excluding steroid dienone is 4. The van der Waals surface area contributed by atoms with Crippen molar-refractivity contribution in [1.29, 1.82) is 0 Å². The second-order valence-electron chi connectivity index (χ2n) is 7.30. The van der Waals surface area contributed by atoms with Crippen LogP contribution in [0.5, 0.6) is 0 Å². The van der Waals surface area contributed by atoms with Crippen molar-refractivity contribution >= 4 is 17.9 Å². The van der Waals surface area contributed by atoms with Gasteiger partial charge in [0.05, 0.1) is 12.7 Å². The Bertz CT molecular complexity index is 659. The monoisotopic (exact) mass is 513 g/mol. The SMILES string of the molecule is C=C/C=C\C(=C)CN(CCOC1CCCCC1)Cc1ccccc1.CC.C[O-].O=C/C=C/CCl.[Na+]. The van der Waals surface area contributed by atoms with Crippen molar-refractivity contribution in [3.63, 3.8) is 0 Å². The van der Waals surface area contributed by atoms with Gasteiger partial charge in [-0.15, -0.1) is 11.6 Å². The summed E-state index contributed by atoms with van der Waals surface area (Å²) in [6.45, 7) is 15.4. The predicted molar refractivity (Wildman–Crippen MR) is 146 cm³/mol. The second-order valence-corrected chi connectivity index (χ2v) is 7.61. The van der Waals surface area contributed by atoms with E-state index in [0.29, 0.717) is 18.3 Å². The van der Waals surface area contributed by atoms with Crippen LogP contribution in [-0.2, 0) is 16.1 Å². The minimum absolute atomic E-state index is 0. The van der Waals surface area contributed by atoms with Gasteiger partial charge >= 0.3 is 29.6 Å². The molecule has 2 rings (SSSR count). The summed E-state index contributed by atoms with van der Waals surface area (Å²) in [6, 6.07) is 10.6. The maximum absolute atomic E-state index is 9.42. The molecule has 0 amide bonds. The summed E-state index contributed by atoms with van der Waals surface area (Å²) in [6.07, 6.45) is 16.4. The molecule has 1 aliphatic carbocycles. The number of carbonyl (C=O) groups excluding carboxylic acids is 1. The molecule has 6 heteroatoms. The maximum Gasteiger partial charge on any atom is 1.00 e. The summed E-state index contributed by atoms with van der Waals surface area (Å²) in [5.74, 6) is 0.415. The molecule has 0 spiro atoms. The molecule has 1 aromatic carbocycles. The fraction of sp³-hybridized carbons (Fsp3) is 0.483. The fourth-order valence-electron chi connectivity index (χ4n) is 3.29. The van der Waals surface area contributed by atoms with Gasteiger partial charge in [-0.05, 0) is 30.1 Å². The van der Waals surface area contributed by atoms with E-state index in [1.807, 2.05) is 26.0 Å². The van der Waals surface area contributed by atoms with E-state index in [4.69, 9.17) is 21.4 Å². The van der Waals surface area contributed by atoms with Crippen LogP contribution in [0, 0.1) is 0 Å². The number of hydrogen-bond donors (Lipinski definition) is 0. The molecule has 0 radical (unpaired) electrons. The molecule has 192 valence electrons. The molecule has 1 aliphatic rings. The fourth-order valence-corrected chi connectivity index (χ4v) is 3.39. The van der Waals surface area contributed by atoms with Crippen LogP contribution in [0.4, 0.5) is 0 Å². The van der Waals surface area contributed by atoms with E-state index < -0.39 is 0 Å². The molecule has 0 unspecified atom stereocenters. The van der Waals surface area contributed by atoms with Crippen molar-refractivity contribution in [3.05, 3.63) is 85.0 Å². The van der Waals surface area contributed by atoms with E-state index in [-0.39, 0.29) is 29.6 Å². The zero-order valence-electron chi connectivity index (χ0n) is 22.5. The van der Waals surface area contributed by atoms with Crippen molar-refractivity contribution in [2.45, 2.75) is 58.6 Å². The first kappa shape index (κ1) is 38.5. The normalized spacial score (nSPS) is 12.9. The predicted octanol–water partition coefficient (Wildman–Crippen LogP) is 3.12. The minimum Gasteiger partial charge on any atom is -0.857 e. The van der Waals surface area contributed by atoms with Gasteiger partial charge in [0.15, 0.2) is 0 Å². The summed E-state index contributed by atoms with van der Waals surface area (Å²) < 4.78 is 6.11. The molecular weight excluding hydrogens is 469 g/mol. The number of aldehydes is 1. The van der Waals surface area contributed by atoms with Crippen molar-refractivity contribution in [3.8, 4) is 0 Å². The summed E-state index contributed by atoms with van der Waals surface area (Å²) in [5.41, 5.74) is 2.43. The van der Waals surface area contributed by atoms with Gasteiger partial charge < -0.3 is 9.84 Å². The third-order valence-corrected chi connectivity index (χ3v) is 4.94. The first-order valence-electron chi connectivity index (χ1n) is 12.1. The van der Waals surface area contributed by atoms with Crippen molar-refractivity contribution in [2.75, 3.05) is 32.7 Å². The Labute approximate surface area is 242 Å². The number of carbonyl (C=O) groups is 1. The largest absolute Gasteiger partial charge is 1.00 e. The molecule has 0 bridgehead atoms. The molecule has 1 fully saturated rings. The summed E-state index contributed by atoms with van der Waals surface area (Å²) in [7, 11) is 0.750. The van der Waals surface area contributed by atoms with Crippen LogP contribution in [-0.4, -0.2) is 50.0 Å².